The molecule has 0 heterocycles. The van der Waals surface area contributed by atoms with Crippen LogP contribution in [-0.2, 0) is 0 Å². The minimum absolute atomic E-state index is 0.113. The van der Waals surface area contributed by atoms with Crippen LogP contribution in [0.1, 0.15) is 6.42 Å². The van der Waals surface area contributed by atoms with Gasteiger partial charge < -0.3 is 26.8 Å². The molecule has 0 fully saturated rings. The van der Waals surface area contributed by atoms with E-state index in [0.717, 1.165) is 0 Å². The Balaban J connectivity index is 3.38. The van der Waals surface area contributed by atoms with E-state index >= 15 is 0 Å². The second-order valence-electron chi connectivity index (χ2n) is 1.86. The molecule has 3 unspecified atom stereocenters. The van der Waals surface area contributed by atoms with Gasteiger partial charge in [0, 0.05) is 6.42 Å². The van der Waals surface area contributed by atoms with Crippen molar-refractivity contribution in [2.45, 2.75) is 25.0 Å². The molecule has 0 aromatic rings. The summed E-state index contributed by atoms with van der Waals surface area (Å²) in [7, 11) is 0. The fourth-order valence-corrected chi connectivity index (χ4v) is 0.387. The van der Waals surface area contributed by atoms with Crippen LogP contribution in [0.5, 0.6) is 0 Å². The Morgan fingerprint density at radius 2 is 1.56 bits per heavy atom. The zero-order chi connectivity index (χ0) is 7.44. The van der Waals surface area contributed by atoms with Crippen LogP contribution in [0, 0.1) is 0 Å². The van der Waals surface area contributed by atoms with Crippen molar-refractivity contribution in [3.05, 3.63) is 0 Å². The molecule has 9 heavy (non-hydrogen) atoms. The Bertz CT molecular complexity index is 76.2. The van der Waals surface area contributed by atoms with Crippen LogP contribution in [-0.4, -0.2) is 33.9 Å². The molecule has 0 bridgehead atoms. The third-order valence-electron chi connectivity index (χ3n) is 0.877. The number of hydrogen-bond acceptors (Lipinski definition) is 5. The minimum atomic E-state index is -1.33. The molecule has 5 heteroatoms. The monoisotopic (exact) mass is 136 g/mol. The molecule has 0 rings (SSSR count). The van der Waals surface area contributed by atoms with Crippen molar-refractivity contribution in [1.82, 2.24) is 0 Å². The van der Waals surface area contributed by atoms with E-state index < -0.39 is 18.6 Å². The first-order valence-corrected chi connectivity index (χ1v) is 2.59. The maximum Gasteiger partial charge on any atom is 0.128 e. The molecule has 0 aliphatic heterocycles. The van der Waals surface area contributed by atoms with Gasteiger partial charge in [0.2, 0.25) is 0 Å². The topological polar surface area (TPSA) is 113 Å². The van der Waals surface area contributed by atoms with Crippen molar-refractivity contribution in [1.29, 1.82) is 0 Å². The molecule has 56 valence electrons. The van der Waals surface area contributed by atoms with Gasteiger partial charge in [0.1, 0.15) is 12.5 Å². The molecule has 0 aromatic heterocycles. The Morgan fingerprint density at radius 1 is 1.11 bits per heavy atom. The predicted octanol–water partition coefficient (Wildman–Crippen LogP) is -2.71. The number of aliphatic hydroxyl groups excluding tert-OH is 3. The van der Waals surface area contributed by atoms with Gasteiger partial charge in [0.05, 0.1) is 6.10 Å². The summed E-state index contributed by atoms with van der Waals surface area (Å²) in [5.74, 6) is 0. The van der Waals surface area contributed by atoms with Crippen LogP contribution < -0.4 is 11.5 Å². The standard InChI is InChI=1S/C4H12N2O3/c5-3(8)1-2(7)4(6)9/h2-4,7-9H,1,5-6H2. The third kappa shape index (κ3) is 4.31. The highest BCUT2D eigenvalue weighted by Crippen LogP contribution is 1.94. The van der Waals surface area contributed by atoms with Crippen LogP contribution >= 0.6 is 0 Å². The van der Waals surface area contributed by atoms with E-state index in [0.29, 0.717) is 0 Å². The van der Waals surface area contributed by atoms with E-state index in [4.69, 9.17) is 26.8 Å². The highest BCUT2D eigenvalue weighted by Gasteiger charge is 2.13. The smallest absolute Gasteiger partial charge is 0.128 e. The first kappa shape index (κ1) is 8.80. The Labute approximate surface area is 52.9 Å². The number of aliphatic hydroxyl groups is 3. The van der Waals surface area contributed by atoms with Gasteiger partial charge in [-0.3, -0.25) is 0 Å². The molecule has 0 radical (unpaired) electrons. The fraction of sp³-hybridized carbons (Fsp3) is 1.00. The van der Waals surface area contributed by atoms with Crippen molar-refractivity contribution in [3.8, 4) is 0 Å². The summed E-state index contributed by atoms with van der Waals surface area (Å²) >= 11 is 0. The number of hydrogen-bond donors (Lipinski definition) is 5. The lowest BCUT2D eigenvalue weighted by Gasteiger charge is -2.13. The van der Waals surface area contributed by atoms with Gasteiger partial charge in [-0.15, -0.1) is 0 Å². The van der Waals surface area contributed by atoms with E-state index in [1.165, 1.54) is 0 Å². The van der Waals surface area contributed by atoms with E-state index in [-0.39, 0.29) is 6.42 Å². The van der Waals surface area contributed by atoms with Crippen molar-refractivity contribution < 1.29 is 15.3 Å². The van der Waals surface area contributed by atoms with Crippen LogP contribution in [0.25, 0.3) is 0 Å². The Morgan fingerprint density at radius 3 is 1.67 bits per heavy atom. The minimum Gasteiger partial charge on any atom is -0.389 e. The molecule has 5 nitrogen and oxygen atoms in total. The summed E-state index contributed by atoms with van der Waals surface area (Å²) in [5, 5.41) is 25.5. The SMILES string of the molecule is NC(O)CC(O)C(N)O. The summed E-state index contributed by atoms with van der Waals surface area (Å²) < 4.78 is 0. The molecule has 0 amide bonds. The molecule has 3 atom stereocenters. The Kier molecular flexibility index (Phi) is 3.67. The zero-order valence-corrected chi connectivity index (χ0v) is 4.94. The average Bonchev–Trinajstić information content (AvgIpc) is 1.63. The maximum atomic E-state index is 8.68. The lowest BCUT2D eigenvalue weighted by atomic mass is 10.2. The van der Waals surface area contributed by atoms with Crippen LogP contribution in [0.4, 0.5) is 0 Å². The lowest BCUT2D eigenvalue weighted by Crippen LogP contribution is -2.38. The van der Waals surface area contributed by atoms with E-state index in [1.54, 1.807) is 0 Å². The van der Waals surface area contributed by atoms with Gasteiger partial charge in [-0.2, -0.15) is 0 Å². The molecule has 0 saturated heterocycles. The highest BCUT2D eigenvalue weighted by molar-refractivity contribution is 4.62. The first-order chi connectivity index (χ1) is 4.04. The summed E-state index contributed by atoms with van der Waals surface area (Å²) in [6.45, 7) is 0. The van der Waals surface area contributed by atoms with Crippen LogP contribution in [0.3, 0.4) is 0 Å². The molecule has 7 N–H and O–H groups in total. The molecule has 0 spiro atoms. The average molecular weight is 136 g/mol. The lowest BCUT2D eigenvalue weighted by molar-refractivity contribution is -0.00739. The van der Waals surface area contributed by atoms with E-state index in [1.807, 2.05) is 0 Å². The second-order valence-corrected chi connectivity index (χ2v) is 1.86. The zero-order valence-electron chi connectivity index (χ0n) is 4.94. The molecular weight excluding hydrogens is 124 g/mol. The van der Waals surface area contributed by atoms with Gasteiger partial charge in [-0.25, -0.2) is 0 Å². The molecule has 0 saturated carbocycles. The highest BCUT2D eigenvalue weighted by atomic mass is 16.3. The van der Waals surface area contributed by atoms with Crippen LogP contribution in [0.15, 0.2) is 0 Å². The maximum absolute atomic E-state index is 8.68. The summed E-state index contributed by atoms with van der Waals surface area (Å²) in [5.41, 5.74) is 9.68. The van der Waals surface area contributed by atoms with Gasteiger partial charge in [0.15, 0.2) is 0 Å². The van der Waals surface area contributed by atoms with Crippen molar-refractivity contribution in [3.63, 3.8) is 0 Å². The van der Waals surface area contributed by atoms with Gasteiger partial charge >= 0.3 is 0 Å². The number of rotatable bonds is 3. The van der Waals surface area contributed by atoms with Crippen molar-refractivity contribution >= 4 is 0 Å². The van der Waals surface area contributed by atoms with Gasteiger partial charge in [-0.05, 0) is 0 Å². The first-order valence-electron chi connectivity index (χ1n) is 2.59. The van der Waals surface area contributed by atoms with E-state index in [2.05, 4.69) is 0 Å². The summed E-state index contributed by atoms with van der Waals surface area (Å²) in [6, 6.07) is 0. The molecule has 0 aromatic carbocycles. The summed E-state index contributed by atoms with van der Waals surface area (Å²) in [6.07, 6.45) is -3.72. The molecule has 0 aliphatic rings. The summed E-state index contributed by atoms with van der Waals surface area (Å²) in [4.78, 5) is 0. The fourth-order valence-electron chi connectivity index (χ4n) is 0.387. The normalized spacial score (nSPS) is 21.0. The van der Waals surface area contributed by atoms with Crippen molar-refractivity contribution in [2.24, 2.45) is 11.5 Å². The largest absolute Gasteiger partial charge is 0.389 e. The number of nitrogens with two attached hydrogens (primary N) is 2. The van der Waals surface area contributed by atoms with Gasteiger partial charge in [0.25, 0.3) is 0 Å². The molecule has 0 aliphatic carbocycles. The Hall–Kier alpha value is -0.200. The molecular formula is C4H12N2O3. The predicted molar refractivity (Wildman–Crippen MR) is 31.0 cm³/mol. The van der Waals surface area contributed by atoms with Crippen LogP contribution in [0.2, 0.25) is 0 Å². The van der Waals surface area contributed by atoms with Crippen molar-refractivity contribution in [2.75, 3.05) is 0 Å². The van der Waals surface area contributed by atoms with Gasteiger partial charge in [-0.1, -0.05) is 0 Å². The van der Waals surface area contributed by atoms with E-state index in [9.17, 15) is 0 Å². The second kappa shape index (κ2) is 3.76. The third-order valence-corrected chi connectivity index (χ3v) is 0.877. The quantitative estimate of drug-likeness (QED) is 0.271.